The quantitative estimate of drug-likeness (QED) is 0.619. The maximum atomic E-state index is 10.9. The molecule has 0 unspecified atom stereocenters. The summed E-state index contributed by atoms with van der Waals surface area (Å²) >= 11 is 0. The third kappa shape index (κ3) is 5.08. The van der Waals surface area contributed by atoms with Crippen molar-refractivity contribution in [3.8, 4) is 5.75 Å². The van der Waals surface area contributed by atoms with E-state index in [9.17, 15) is 4.79 Å². The number of rotatable bonds is 2. The van der Waals surface area contributed by atoms with E-state index < -0.39 is 6.09 Å². The van der Waals surface area contributed by atoms with E-state index in [2.05, 4.69) is 15.0 Å². The van der Waals surface area contributed by atoms with E-state index >= 15 is 0 Å². The summed E-state index contributed by atoms with van der Waals surface area (Å²) in [7, 11) is 2.66. The summed E-state index contributed by atoms with van der Waals surface area (Å²) in [5.41, 5.74) is 17.5. The van der Waals surface area contributed by atoms with Crippen LogP contribution in [0.4, 0.5) is 27.8 Å². The Morgan fingerprint density at radius 3 is 2.23 bits per heavy atom. The van der Waals surface area contributed by atoms with E-state index in [1.807, 2.05) is 30.3 Å². The van der Waals surface area contributed by atoms with Gasteiger partial charge in [-0.15, -0.1) is 0 Å². The molecular formula is C14H19N5O3. The Labute approximate surface area is 128 Å². The number of hydrogen-bond donors (Lipinski definition) is 4. The average Bonchev–Trinajstić information content (AvgIpc) is 2.52. The molecule has 22 heavy (non-hydrogen) atoms. The van der Waals surface area contributed by atoms with Gasteiger partial charge in [-0.2, -0.15) is 0 Å². The molecule has 0 atom stereocenters. The van der Waals surface area contributed by atoms with Gasteiger partial charge in [0.1, 0.15) is 5.82 Å². The predicted octanol–water partition coefficient (Wildman–Crippen LogP) is 1.70. The van der Waals surface area contributed by atoms with Gasteiger partial charge < -0.3 is 26.7 Å². The molecule has 2 aromatic rings. The molecule has 0 radical (unpaired) electrons. The number of benzene rings is 1. The molecule has 8 heteroatoms. The Morgan fingerprint density at radius 2 is 1.77 bits per heavy atom. The Morgan fingerprint density at radius 1 is 1.14 bits per heavy atom. The van der Waals surface area contributed by atoms with Crippen LogP contribution >= 0.6 is 0 Å². The van der Waals surface area contributed by atoms with E-state index in [4.69, 9.17) is 21.9 Å². The molecule has 118 valence electrons. The maximum absolute atomic E-state index is 10.9. The van der Waals surface area contributed by atoms with Gasteiger partial charge in [0.2, 0.25) is 0 Å². The molecule has 2 rings (SSSR count). The number of amides is 1. The fourth-order valence-corrected chi connectivity index (χ4v) is 1.37. The van der Waals surface area contributed by atoms with Gasteiger partial charge in [0.25, 0.3) is 0 Å². The Bertz CT molecular complexity index is 619. The molecule has 1 aromatic heterocycles. The second-order valence-electron chi connectivity index (χ2n) is 4.04. The first kappa shape index (κ1) is 16.9. The number of nitrogens with one attached hydrogen (secondary N) is 1. The van der Waals surface area contributed by atoms with Gasteiger partial charge in [-0.05, 0) is 12.1 Å². The number of pyridine rings is 1. The highest BCUT2D eigenvalue weighted by molar-refractivity contribution is 5.86. The van der Waals surface area contributed by atoms with Crippen molar-refractivity contribution in [2.45, 2.75) is 0 Å². The maximum Gasteiger partial charge on any atom is 0.412 e. The summed E-state index contributed by atoms with van der Waals surface area (Å²) in [5.74, 6) is 0.588. The Kier molecular flexibility index (Phi) is 6.30. The van der Waals surface area contributed by atoms with Crippen LogP contribution in [0.5, 0.6) is 5.75 Å². The minimum atomic E-state index is -0.662. The minimum absolute atomic E-state index is 0.113. The predicted molar refractivity (Wildman–Crippen MR) is 86.5 cm³/mol. The smallest absolute Gasteiger partial charge is 0.412 e. The summed E-state index contributed by atoms with van der Waals surface area (Å²) in [4.78, 5) is 14.8. The largest absolute Gasteiger partial charge is 0.493 e. The SMILES string of the molecule is COC(=O)Nc1nc(N)c(N)cc1OC.Nc1ccccc1. The van der Waals surface area contributed by atoms with Crippen molar-refractivity contribution in [2.75, 3.05) is 36.7 Å². The lowest BCUT2D eigenvalue weighted by Crippen LogP contribution is -2.14. The Balaban J connectivity index is 0.000000287. The molecule has 0 aliphatic heterocycles. The summed E-state index contributed by atoms with van der Waals surface area (Å²) in [6.45, 7) is 0. The van der Waals surface area contributed by atoms with Crippen LogP contribution in [0.1, 0.15) is 0 Å². The summed E-state index contributed by atoms with van der Waals surface area (Å²) in [5, 5.41) is 2.35. The molecule has 0 bridgehead atoms. The van der Waals surface area contributed by atoms with Gasteiger partial charge in [-0.3, -0.25) is 5.32 Å². The molecule has 1 amide bonds. The molecule has 0 saturated heterocycles. The van der Waals surface area contributed by atoms with Crippen molar-refractivity contribution in [3.05, 3.63) is 36.4 Å². The number of methoxy groups -OCH3 is 2. The third-order valence-electron chi connectivity index (χ3n) is 2.47. The molecule has 0 aliphatic rings. The number of para-hydroxylation sites is 1. The number of aromatic nitrogens is 1. The minimum Gasteiger partial charge on any atom is -0.493 e. The van der Waals surface area contributed by atoms with Crippen LogP contribution in [0.15, 0.2) is 36.4 Å². The Hall–Kier alpha value is -3.16. The third-order valence-corrected chi connectivity index (χ3v) is 2.47. The van der Waals surface area contributed by atoms with Crippen LogP contribution in [0.25, 0.3) is 0 Å². The second kappa shape index (κ2) is 8.20. The van der Waals surface area contributed by atoms with E-state index in [0.717, 1.165) is 5.69 Å². The van der Waals surface area contributed by atoms with Crippen LogP contribution in [0.3, 0.4) is 0 Å². The number of nitrogens with two attached hydrogens (primary N) is 3. The van der Waals surface area contributed by atoms with E-state index in [1.165, 1.54) is 20.3 Å². The average molecular weight is 305 g/mol. The zero-order valence-electron chi connectivity index (χ0n) is 12.4. The van der Waals surface area contributed by atoms with E-state index in [-0.39, 0.29) is 17.3 Å². The van der Waals surface area contributed by atoms with Crippen molar-refractivity contribution in [1.29, 1.82) is 0 Å². The van der Waals surface area contributed by atoms with Crippen LogP contribution in [0.2, 0.25) is 0 Å². The zero-order valence-corrected chi connectivity index (χ0v) is 12.4. The first-order valence-electron chi connectivity index (χ1n) is 6.23. The fraction of sp³-hybridized carbons (Fsp3) is 0.143. The first-order valence-corrected chi connectivity index (χ1v) is 6.23. The normalized spacial score (nSPS) is 9.18. The van der Waals surface area contributed by atoms with Gasteiger partial charge in [0.15, 0.2) is 11.6 Å². The van der Waals surface area contributed by atoms with Gasteiger partial charge in [-0.25, -0.2) is 9.78 Å². The fourth-order valence-electron chi connectivity index (χ4n) is 1.37. The number of carbonyl (C=O) groups excluding carboxylic acids is 1. The number of ether oxygens (including phenoxy) is 2. The van der Waals surface area contributed by atoms with Gasteiger partial charge >= 0.3 is 6.09 Å². The standard InChI is InChI=1S/C8H12N4O3.C6H7N/c1-14-5-3-4(9)6(10)11-7(5)12-8(13)15-2;7-6-4-2-1-3-5-6/h3H,9H2,1-2H3,(H3,10,11,12,13);1-5H,7H2. The second-order valence-corrected chi connectivity index (χ2v) is 4.04. The zero-order chi connectivity index (χ0) is 16.5. The molecule has 1 aromatic carbocycles. The molecule has 0 spiro atoms. The van der Waals surface area contributed by atoms with Crippen LogP contribution in [-0.2, 0) is 4.74 Å². The lowest BCUT2D eigenvalue weighted by Gasteiger charge is -2.10. The molecule has 1 heterocycles. The lowest BCUT2D eigenvalue weighted by atomic mass is 10.3. The van der Waals surface area contributed by atoms with Crippen molar-refractivity contribution in [1.82, 2.24) is 4.98 Å². The van der Waals surface area contributed by atoms with Crippen LogP contribution in [0, 0.1) is 0 Å². The molecule has 0 aliphatic carbocycles. The highest BCUT2D eigenvalue weighted by Gasteiger charge is 2.11. The topological polar surface area (TPSA) is 139 Å². The first-order chi connectivity index (χ1) is 10.5. The van der Waals surface area contributed by atoms with E-state index in [0.29, 0.717) is 5.75 Å². The summed E-state index contributed by atoms with van der Waals surface area (Å²) in [6.07, 6.45) is -0.662. The summed E-state index contributed by atoms with van der Waals surface area (Å²) < 4.78 is 9.36. The van der Waals surface area contributed by atoms with Crippen molar-refractivity contribution < 1.29 is 14.3 Å². The van der Waals surface area contributed by atoms with E-state index in [1.54, 1.807) is 0 Å². The number of carbonyl (C=O) groups is 1. The van der Waals surface area contributed by atoms with Gasteiger partial charge in [0.05, 0.1) is 19.9 Å². The monoisotopic (exact) mass is 305 g/mol. The van der Waals surface area contributed by atoms with Crippen LogP contribution < -0.4 is 27.3 Å². The van der Waals surface area contributed by atoms with Gasteiger partial charge in [0, 0.05) is 11.8 Å². The molecule has 7 N–H and O–H groups in total. The molecule has 8 nitrogen and oxygen atoms in total. The molecule has 0 saturated carbocycles. The highest BCUT2D eigenvalue weighted by atomic mass is 16.5. The number of nitrogen functional groups attached to an aromatic ring is 3. The van der Waals surface area contributed by atoms with Crippen molar-refractivity contribution in [3.63, 3.8) is 0 Å². The lowest BCUT2D eigenvalue weighted by molar-refractivity contribution is 0.186. The highest BCUT2D eigenvalue weighted by Crippen LogP contribution is 2.27. The number of anilines is 4. The molecular weight excluding hydrogens is 286 g/mol. The summed E-state index contributed by atoms with van der Waals surface area (Å²) in [6, 6.07) is 11.0. The number of hydrogen-bond acceptors (Lipinski definition) is 7. The van der Waals surface area contributed by atoms with Gasteiger partial charge in [-0.1, -0.05) is 18.2 Å². The number of nitrogens with zero attached hydrogens (tertiary/aromatic N) is 1. The van der Waals surface area contributed by atoms with Crippen molar-refractivity contribution >= 4 is 29.1 Å². The van der Waals surface area contributed by atoms with Crippen molar-refractivity contribution in [2.24, 2.45) is 0 Å². The van der Waals surface area contributed by atoms with Crippen LogP contribution in [-0.4, -0.2) is 25.3 Å². The molecule has 0 fully saturated rings.